The molecule has 0 N–H and O–H groups in total. The summed E-state index contributed by atoms with van der Waals surface area (Å²) in [6.07, 6.45) is -2.30. The third-order valence-electron chi connectivity index (χ3n) is 5.29. The molecule has 7 nitrogen and oxygen atoms in total. The fourth-order valence-corrected chi connectivity index (χ4v) is 3.56. The molecule has 160 valence electrons. The summed E-state index contributed by atoms with van der Waals surface area (Å²) < 4.78 is 39.5. The van der Waals surface area contributed by atoms with Gasteiger partial charge in [0, 0.05) is 32.4 Å². The van der Waals surface area contributed by atoms with Crippen molar-refractivity contribution in [3.05, 3.63) is 41.3 Å². The van der Waals surface area contributed by atoms with Crippen molar-refractivity contribution < 1.29 is 18.0 Å². The summed E-state index contributed by atoms with van der Waals surface area (Å²) in [5, 5.41) is 13.5. The summed E-state index contributed by atoms with van der Waals surface area (Å²) in [6, 6.07) is 4.30. The van der Waals surface area contributed by atoms with Gasteiger partial charge in [-0.15, -0.1) is 0 Å². The van der Waals surface area contributed by atoms with Gasteiger partial charge in [0.25, 0.3) is 5.91 Å². The summed E-state index contributed by atoms with van der Waals surface area (Å²) in [6.45, 7) is 7.88. The highest BCUT2D eigenvalue weighted by atomic mass is 19.4. The molecule has 0 aromatic carbocycles. The van der Waals surface area contributed by atoms with Crippen LogP contribution >= 0.6 is 0 Å². The fourth-order valence-electron chi connectivity index (χ4n) is 3.56. The zero-order valence-corrected chi connectivity index (χ0v) is 17.0. The SMILES string of the molecule is Cc1c(C(=O)N2CCN(C(C#N)C(C)C)CC2)cnn1-c1ccc(C(F)(F)F)cn1. The molecule has 1 atom stereocenters. The minimum absolute atomic E-state index is 0.183. The Morgan fingerprint density at radius 3 is 2.33 bits per heavy atom. The maximum Gasteiger partial charge on any atom is 0.417 e. The van der Waals surface area contributed by atoms with Crippen molar-refractivity contribution in [3.8, 4) is 11.9 Å². The Morgan fingerprint density at radius 2 is 1.83 bits per heavy atom. The van der Waals surface area contributed by atoms with Crippen LogP contribution in [-0.4, -0.2) is 62.7 Å². The van der Waals surface area contributed by atoms with E-state index in [1.54, 1.807) is 11.8 Å². The van der Waals surface area contributed by atoms with Crippen LogP contribution in [0.3, 0.4) is 0 Å². The van der Waals surface area contributed by atoms with E-state index < -0.39 is 11.7 Å². The van der Waals surface area contributed by atoms with E-state index >= 15 is 0 Å². The van der Waals surface area contributed by atoms with Crippen LogP contribution < -0.4 is 0 Å². The van der Waals surface area contributed by atoms with E-state index in [9.17, 15) is 23.2 Å². The Bertz CT molecular complexity index is 937. The summed E-state index contributed by atoms with van der Waals surface area (Å²) in [4.78, 5) is 20.6. The number of nitriles is 1. The zero-order valence-electron chi connectivity index (χ0n) is 17.0. The molecule has 2 aromatic rings. The number of piperazine rings is 1. The molecule has 1 saturated heterocycles. The van der Waals surface area contributed by atoms with Gasteiger partial charge in [-0.1, -0.05) is 13.8 Å². The Hall–Kier alpha value is -2.93. The van der Waals surface area contributed by atoms with Gasteiger partial charge < -0.3 is 4.90 Å². The van der Waals surface area contributed by atoms with Gasteiger partial charge in [0.05, 0.1) is 29.1 Å². The van der Waals surface area contributed by atoms with Crippen molar-refractivity contribution in [2.24, 2.45) is 5.92 Å². The quantitative estimate of drug-likeness (QED) is 0.760. The predicted octanol–water partition coefficient (Wildman–Crippen LogP) is 2.90. The number of aromatic nitrogens is 3. The van der Waals surface area contributed by atoms with Gasteiger partial charge >= 0.3 is 6.18 Å². The minimum atomic E-state index is -4.46. The largest absolute Gasteiger partial charge is 0.417 e. The van der Waals surface area contributed by atoms with E-state index in [0.717, 1.165) is 12.3 Å². The number of nitrogens with zero attached hydrogens (tertiary/aromatic N) is 6. The van der Waals surface area contributed by atoms with Crippen LogP contribution in [0.15, 0.2) is 24.5 Å². The smallest absolute Gasteiger partial charge is 0.336 e. The van der Waals surface area contributed by atoms with Crippen LogP contribution in [0.25, 0.3) is 5.82 Å². The zero-order chi connectivity index (χ0) is 22.1. The molecule has 2 aromatic heterocycles. The van der Waals surface area contributed by atoms with E-state index in [0.29, 0.717) is 37.4 Å². The first-order valence-corrected chi connectivity index (χ1v) is 9.64. The Labute approximate surface area is 172 Å². The number of hydrogen-bond donors (Lipinski definition) is 0. The third-order valence-corrected chi connectivity index (χ3v) is 5.29. The second kappa shape index (κ2) is 8.44. The van der Waals surface area contributed by atoms with Gasteiger partial charge in [0.2, 0.25) is 0 Å². The number of pyridine rings is 1. The molecule has 1 fully saturated rings. The number of amides is 1. The summed E-state index contributed by atoms with van der Waals surface area (Å²) in [5.41, 5.74) is 0.0416. The van der Waals surface area contributed by atoms with Crippen LogP contribution in [-0.2, 0) is 6.18 Å². The third kappa shape index (κ3) is 4.31. The van der Waals surface area contributed by atoms with Crippen molar-refractivity contribution in [2.45, 2.75) is 33.0 Å². The van der Waals surface area contributed by atoms with E-state index in [2.05, 4.69) is 21.1 Å². The highest BCUT2D eigenvalue weighted by molar-refractivity contribution is 5.95. The molecule has 10 heteroatoms. The van der Waals surface area contributed by atoms with Gasteiger partial charge in [-0.2, -0.15) is 23.5 Å². The van der Waals surface area contributed by atoms with Crippen LogP contribution in [0.2, 0.25) is 0 Å². The number of carbonyl (C=O) groups excluding carboxylic acids is 1. The first-order valence-electron chi connectivity index (χ1n) is 9.64. The molecule has 0 saturated carbocycles. The molecule has 1 aliphatic heterocycles. The Morgan fingerprint density at radius 1 is 1.17 bits per heavy atom. The summed E-state index contributed by atoms with van der Waals surface area (Å²) in [5.74, 6) is 0.218. The lowest BCUT2D eigenvalue weighted by atomic mass is 10.0. The van der Waals surface area contributed by atoms with E-state index in [1.807, 2.05) is 13.8 Å². The summed E-state index contributed by atoms with van der Waals surface area (Å²) >= 11 is 0. The van der Waals surface area contributed by atoms with Gasteiger partial charge in [0.15, 0.2) is 5.82 Å². The molecule has 0 radical (unpaired) electrons. The molecule has 0 bridgehead atoms. The second-order valence-electron chi connectivity index (χ2n) is 7.60. The molecule has 1 amide bonds. The first kappa shape index (κ1) is 21.8. The first-order chi connectivity index (χ1) is 14.1. The molecule has 1 aliphatic rings. The maximum atomic E-state index is 13.0. The number of rotatable bonds is 4. The lowest BCUT2D eigenvalue weighted by Crippen LogP contribution is -2.52. The number of halogens is 3. The minimum Gasteiger partial charge on any atom is -0.336 e. The molecular weight excluding hydrogens is 397 g/mol. The number of hydrogen-bond acceptors (Lipinski definition) is 5. The van der Waals surface area contributed by atoms with E-state index in [-0.39, 0.29) is 23.7 Å². The molecule has 3 rings (SSSR count). The van der Waals surface area contributed by atoms with Crippen LogP contribution in [0.4, 0.5) is 13.2 Å². The average molecular weight is 420 g/mol. The lowest BCUT2D eigenvalue weighted by molar-refractivity contribution is -0.137. The molecule has 30 heavy (non-hydrogen) atoms. The predicted molar refractivity (Wildman–Crippen MR) is 103 cm³/mol. The van der Waals surface area contributed by atoms with Crippen LogP contribution in [0.5, 0.6) is 0 Å². The van der Waals surface area contributed by atoms with Crippen molar-refractivity contribution in [1.29, 1.82) is 5.26 Å². The van der Waals surface area contributed by atoms with Gasteiger partial charge in [-0.05, 0) is 25.0 Å². The molecule has 1 unspecified atom stereocenters. The molecule has 0 spiro atoms. The molecule has 0 aliphatic carbocycles. The fraction of sp³-hybridized carbons (Fsp3) is 0.500. The average Bonchev–Trinajstić information content (AvgIpc) is 3.09. The van der Waals surface area contributed by atoms with Crippen molar-refractivity contribution in [2.75, 3.05) is 26.2 Å². The Balaban J connectivity index is 1.72. The van der Waals surface area contributed by atoms with Gasteiger partial charge in [-0.25, -0.2) is 9.67 Å². The topological polar surface area (TPSA) is 78.0 Å². The van der Waals surface area contributed by atoms with Gasteiger partial charge in [0.1, 0.15) is 6.04 Å². The number of alkyl halides is 3. The van der Waals surface area contributed by atoms with Crippen molar-refractivity contribution in [3.63, 3.8) is 0 Å². The highest BCUT2D eigenvalue weighted by Crippen LogP contribution is 2.29. The van der Waals surface area contributed by atoms with E-state index in [1.165, 1.54) is 16.9 Å². The highest BCUT2D eigenvalue weighted by Gasteiger charge is 2.31. The monoisotopic (exact) mass is 420 g/mol. The second-order valence-corrected chi connectivity index (χ2v) is 7.60. The van der Waals surface area contributed by atoms with Crippen LogP contribution in [0.1, 0.15) is 35.5 Å². The normalized spacial score (nSPS) is 16.5. The van der Waals surface area contributed by atoms with Gasteiger partial charge in [-0.3, -0.25) is 9.69 Å². The Kier molecular flexibility index (Phi) is 6.12. The molecular formula is C20H23F3N6O. The van der Waals surface area contributed by atoms with Crippen molar-refractivity contribution in [1.82, 2.24) is 24.6 Å². The number of carbonyl (C=O) groups is 1. The summed E-state index contributed by atoms with van der Waals surface area (Å²) in [7, 11) is 0. The molecule has 3 heterocycles. The maximum absolute atomic E-state index is 13.0. The lowest BCUT2D eigenvalue weighted by Gasteiger charge is -2.38. The van der Waals surface area contributed by atoms with E-state index in [4.69, 9.17) is 0 Å². The standard InChI is InChI=1S/C20H23F3N6O/c1-13(2)17(10-24)27-6-8-28(9-7-27)19(30)16-12-26-29(14(16)3)18-5-4-15(11-25-18)20(21,22)23/h4-5,11-13,17H,6-9H2,1-3H3. The van der Waals surface area contributed by atoms with Crippen LogP contribution in [0, 0.1) is 24.2 Å². The van der Waals surface area contributed by atoms with Crippen molar-refractivity contribution >= 4 is 5.91 Å².